The highest BCUT2D eigenvalue weighted by molar-refractivity contribution is 14.1. The van der Waals surface area contributed by atoms with Gasteiger partial charge in [-0.05, 0) is 65.4 Å². The second-order valence-corrected chi connectivity index (χ2v) is 6.23. The van der Waals surface area contributed by atoms with Crippen LogP contribution in [0.15, 0.2) is 46.9 Å². The van der Waals surface area contributed by atoms with Gasteiger partial charge in [-0.1, -0.05) is 28.1 Å². The zero-order valence-electron chi connectivity index (χ0n) is 10.4. The lowest BCUT2D eigenvalue weighted by atomic mass is 10.0. The molecular weight excluding hydrogens is 419 g/mol. The van der Waals surface area contributed by atoms with Crippen LogP contribution in [0.4, 0.5) is 0 Å². The van der Waals surface area contributed by atoms with Crippen LogP contribution >= 0.6 is 38.5 Å². The van der Waals surface area contributed by atoms with Gasteiger partial charge >= 0.3 is 0 Å². The second kappa shape index (κ2) is 6.72. The molecular formula is C15H14BrIO2. The highest BCUT2D eigenvalue weighted by Gasteiger charge is 2.16. The molecule has 0 aliphatic rings. The van der Waals surface area contributed by atoms with Gasteiger partial charge in [0.25, 0.3) is 0 Å². The zero-order chi connectivity index (χ0) is 13.8. The highest BCUT2D eigenvalue weighted by atomic mass is 127. The Morgan fingerprint density at radius 3 is 2.53 bits per heavy atom. The Bertz CT molecular complexity index is 555. The van der Waals surface area contributed by atoms with Crippen molar-refractivity contribution in [1.82, 2.24) is 0 Å². The van der Waals surface area contributed by atoms with Gasteiger partial charge in [-0.2, -0.15) is 0 Å². The monoisotopic (exact) mass is 432 g/mol. The van der Waals surface area contributed by atoms with Crippen LogP contribution in [0.1, 0.15) is 24.2 Å². The maximum atomic E-state index is 10.5. The molecule has 0 spiro atoms. The zero-order valence-corrected chi connectivity index (χ0v) is 14.2. The summed E-state index contributed by atoms with van der Waals surface area (Å²) in [4.78, 5) is 0. The molecule has 0 aliphatic heterocycles. The van der Waals surface area contributed by atoms with Crippen LogP contribution in [0.2, 0.25) is 0 Å². The molecule has 0 saturated carbocycles. The summed E-state index contributed by atoms with van der Waals surface area (Å²) < 4.78 is 7.65. The van der Waals surface area contributed by atoms with Crippen molar-refractivity contribution in [2.75, 3.05) is 6.61 Å². The standard InChI is InChI=1S/C15H14BrIO2/c1-2-19-14-8-5-11(16)9-13(14)15(18)10-3-6-12(17)7-4-10/h3-9,15,18H,2H2,1H3. The molecule has 0 heterocycles. The van der Waals surface area contributed by atoms with Gasteiger partial charge in [-0.15, -0.1) is 0 Å². The normalized spacial score (nSPS) is 12.2. The summed E-state index contributed by atoms with van der Waals surface area (Å²) in [6, 6.07) is 13.5. The third kappa shape index (κ3) is 3.70. The summed E-state index contributed by atoms with van der Waals surface area (Å²) >= 11 is 5.68. The molecule has 0 fully saturated rings. The van der Waals surface area contributed by atoms with E-state index in [2.05, 4.69) is 38.5 Å². The first-order valence-corrected chi connectivity index (χ1v) is 7.84. The van der Waals surface area contributed by atoms with Crippen LogP contribution in [0, 0.1) is 3.57 Å². The minimum Gasteiger partial charge on any atom is -0.493 e. The summed E-state index contributed by atoms with van der Waals surface area (Å²) in [5, 5.41) is 10.5. The van der Waals surface area contributed by atoms with Crippen LogP contribution in [-0.4, -0.2) is 11.7 Å². The van der Waals surface area contributed by atoms with E-state index in [1.807, 2.05) is 49.4 Å². The van der Waals surface area contributed by atoms with E-state index in [0.29, 0.717) is 6.61 Å². The van der Waals surface area contributed by atoms with E-state index in [1.165, 1.54) is 0 Å². The number of ether oxygens (including phenoxy) is 1. The Morgan fingerprint density at radius 1 is 1.21 bits per heavy atom. The molecule has 2 aromatic carbocycles. The molecule has 0 amide bonds. The Hall–Kier alpha value is -0.590. The quantitative estimate of drug-likeness (QED) is 0.719. The van der Waals surface area contributed by atoms with Crippen LogP contribution in [0.3, 0.4) is 0 Å². The van der Waals surface area contributed by atoms with Crippen LogP contribution < -0.4 is 4.74 Å². The number of halogens is 2. The molecule has 100 valence electrons. The largest absolute Gasteiger partial charge is 0.493 e. The first kappa shape index (κ1) is 14.8. The average Bonchev–Trinajstić information content (AvgIpc) is 2.41. The van der Waals surface area contributed by atoms with Crippen LogP contribution in [0.5, 0.6) is 5.75 Å². The van der Waals surface area contributed by atoms with Gasteiger partial charge in [-0.25, -0.2) is 0 Å². The molecule has 0 bridgehead atoms. The van der Waals surface area contributed by atoms with Gasteiger partial charge in [-0.3, -0.25) is 0 Å². The Balaban J connectivity index is 2.39. The first-order valence-electron chi connectivity index (χ1n) is 5.97. The SMILES string of the molecule is CCOc1ccc(Br)cc1C(O)c1ccc(I)cc1. The molecule has 1 N–H and O–H groups in total. The third-order valence-corrected chi connectivity index (χ3v) is 3.96. The van der Waals surface area contributed by atoms with Crippen LogP contribution in [0.25, 0.3) is 0 Å². The van der Waals surface area contributed by atoms with E-state index in [9.17, 15) is 5.11 Å². The lowest BCUT2D eigenvalue weighted by Gasteiger charge is -2.16. The van der Waals surface area contributed by atoms with Crippen molar-refractivity contribution in [2.45, 2.75) is 13.0 Å². The molecule has 1 atom stereocenters. The molecule has 1 unspecified atom stereocenters. The van der Waals surface area contributed by atoms with E-state index in [-0.39, 0.29) is 0 Å². The van der Waals surface area contributed by atoms with Gasteiger partial charge in [0.05, 0.1) is 6.61 Å². The maximum Gasteiger partial charge on any atom is 0.125 e. The lowest BCUT2D eigenvalue weighted by molar-refractivity contribution is 0.212. The van der Waals surface area contributed by atoms with Gasteiger partial charge < -0.3 is 9.84 Å². The second-order valence-electron chi connectivity index (χ2n) is 4.07. The summed E-state index contributed by atoms with van der Waals surface area (Å²) in [7, 11) is 0. The number of benzene rings is 2. The topological polar surface area (TPSA) is 29.5 Å². The molecule has 4 heteroatoms. The fraction of sp³-hybridized carbons (Fsp3) is 0.200. The Morgan fingerprint density at radius 2 is 1.89 bits per heavy atom. The van der Waals surface area contributed by atoms with Crippen molar-refractivity contribution < 1.29 is 9.84 Å². The van der Waals surface area contributed by atoms with Gasteiger partial charge in [0, 0.05) is 13.6 Å². The molecule has 19 heavy (non-hydrogen) atoms. The number of rotatable bonds is 4. The first-order chi connectivity index (χ1) is 9.11. The number of aliphatic hydroxyl groups excluding tert-OH is 1. The molecule has 2 aromatic rings. The molecule has 2 nitrogen and oxygen atoms in total. The smallest absolute Gasteiger partial charge is 0.125 e. The Kier molecular flexibility index (Phi) is 5.24. The van der Waals surface area contributed by atoms with Gasteiger partial charge in [0.1, 0.15) is 11.9 Å². The van der Waals surface area contributed by atoms with E-state index in [4.69, 9.17) is 4.74 Å². The van der Waals surface area contributed by atoms with E-state index >= 15 is 0 Å². The minimum atomic E-state index is -0.684. The average molecular weight is 433 g/mol. The van der Waals surface area contributed by atoms with Crippen molar-refractivity contribution in [3.63, 3.8) is 0 Å². The molecule has 0 aliphatic carbocycles. The van der Waals surface area contributed by atoms with E-state index in [1.54, 1.807) is 0 Å². The van der Waals surface area contributed by atoms with E-state index < -0.39 is 6.10 Å². The fourth-order valence-corrected chi connectivity index (χ4v) is 2.58. The maximum absolute atomic E-state index is 10.5. The minimum absolute atomic E-state index is 0.577. The predicted molar refractivity (Wildman–Crippen MR) is 88.5 cm³/mol. The summed E-state index contributed by atoms with van der Waals surface area (Å²) in [5.41, 5.74) is 1.64. The van der Waals surface area contributed by atoms with Crippen molar-refractivity contribution in [3.8, 4) is 5.75 Å². The number of aliphatic hydroxyl groups is 1. The summed E-state index contributed by atoms with van der Waals surface area (Å²) in [6.45, 7) is 2.51. The van der Waals surface area contributed by atoms with Gasteiger partial charge in [0.2, 0.25) is 0 Å². The van der Waals surface area contributed by atoms with Crippen molar-refractivity contribution in [3.05, 3.63) is 61.6 Å². The molecule has 0 saturated heterocycles. The van der Waals surface area contributed by atoms with Crippen LogP contribution in [-0.2, 0) is 0 Å². The third-order valence-electron chi connectivity index (χ3n) is 2.75. The van der Waals surface area contributed by atoms with Gasteiger partial charge in [0.15, 0.2) is 0 Å². The molecule has 2 rings (SSSR count). The number of hydrogen-bond acceptors (Lipinski definition) is 2. The van der Waals surface area contributed by atoms with Crippen molar-refractivity contribution >= 4 is 38.5 Å². The molecule has 0 radical (unpaired) electrons. The van der Waals surface area contributed by atoms with Crippen molar-refractivity contribution in [2.24, 2.45) is 0 Å². The number of hydrogen-bond donors (Lipinski definition) is 1. The molecule has 0 aromatic heterocycles. The summed E-state index contributed by atoms with van der Waals surface area (Å²) in [6.07, 6.45) is -0.684. The van der Waals surface area contributed by atoms with Crippen molar-refractivity contribution in [1.29, 1.82) is 0 Å². The van der Waals surface area contributed by atoms with E-state index in [0.717, 1.165) is 24.9 Å². The highest BCUT2D eigenvalue weighted by Crippen LogP contribution is 2.32. The fourth-order valence-electron chi connectivity index (χ4n) is 1.84. The predicted octanol–water partition coefficient (Wildman–Crippen LogP) is 4.53. The lowest BCUT2D eigenvalue weighted by Crippen LogP contribution is -2.04. The Labute approximate surface area is 135 Å². The summed E-state index contributed by atoms with van der Waals surface area (Å²) in [5.74, 6) is 0.719.